The van der Waals surface area contributed by atoms with Gasteiger partial charge in [-0.05, 0) is 12.5 Å². The zero-order valence-electron chi connectivity index (χ0n) is 14.0. The smallest absolute Gasteiger partial charge is 0.354 e. The summed E-state index contributed by atoms with van der Waals surface area (Å²) >= 11 is 0. The highest BCUT2D eigenvalue weighted by atomic mass is 16.6. The van der Waals surface area contributed by atoms with Crippen LogP contribution in [0.1, 0.15) is 24.9 Å². The Balaban J connectivity index is 3.17. The van der Waals surface area contributed by atoms with Gasteiger partial charge in [0.1, 0.15) is 11.5 Å². The molecule has 0 amide bonds. The van der Waals surface area contributed by atoms with E-state index in [0.717, 1.165) is 20.3 Å². The van der Waals surface area contributed by atoms with Gasteiger partial charge in [-0.15, -0.1) is 0 Å². The van der Waals surface area contributed by atoms with Gasteiger partial charge < -0.3 is 14.8 Å². The lowest BCUT2D eigenvalue weighted by atomic mass is 10.0. The van der Waals surface area contributed by atoms with Crippen LogP contribution in [0, 0.1) is 10.1 Å². The van der Waals surface area contributed by atoms with E-state index in [2.05, 4.69) is 14.8 Å². The van der Waals surface area contributed by atoms with Crippen molar-refractivity contribution in [2.75, 3.05) is 14.2 Å². The molecule has 1 unspecified atom stereocenters. The lowest BCUT2D eigenvalue weighted by molar-refractivity contribution is -0.384. The number of hydrogen-bond donors (Lipinski definition) is 1. The normalized spacial score (nSPS) is 12.0. The molecule has 0 saturated carbocycles. The Morgan fingerprint density at radius 2 is 1.80 bits per heavy atom. The van der Waals surface area contributed by atoms with Crippen LogP contribution >= 0.6 is 0 Å². The van der Waals surface area contributed by atoms with Crippen LogP contribution in [0.3, 0.4) is 0 Å². The van der Waals surface area contributed by atoms with Gasteiger partial charge in [0.2, 0.25) is 0 Å². The van der Waals surface area contributed by atoms with E-state index >= 15 is 0 Å². The van der Waals surface area contributed by atoms with Crippen LogP contribution in [0.5, 0.6) is 0 Å². The minimum atomic E-state index is -0.819. The highest BCUT2D eigenvalue weighted by Crippen LogP contribution is 2.22. The lowest BCUT2D eigenvalue weighted by Gasteiger charge is -2.20. The first-order valence-corrected chi connectivity index (χ1v) is 7.16. The standard InChI is InChI=1S/C16H18N2O7/c1-10(19)8-13(11-4-6-12(7-5-11)18(22)23)17-14(16(21)25-3)9-15(20)24-2/h4-7,9,13,17H,8H2,1-3H3/b14-9-. The molecule has 9 heteroatoms. The van der Waals surface area contributed by atoms with Crippen molar-refractivity contribution < 1.29 is 28.8 Å². The van der Waals surface area contributed by atoms with Gasteiger partial charge in [0.05, 0.1) is 31.3 Å². The fourth-order valence-electron chi connectivity index (χ4n) is 2.00. The summed E-state index contributed by atoms with van der Waals surface area (Å²) in [5, 5.41) is 13.5. The van der Waals surface area contributed by atoms with Crippen molar-refractivity contribution in [3.63, 3.8) is 0 Å². The van der Waals surface area contributed by atoms with Gasteiger partial charge in [-0.1, -0.05) is 12.1 Å². The predicted octanol–water partition coefficient (Wildman–Crippen LogP) is 1.43. The molecule has 0 aromatic heterocycles. The second-order valence-corrected chi connectivity index (χ2v) is 5.02. The van der Waals surface area contributed by atoms with E-state index in [0.29, 0.717) is 5.56 Å². The molecule has 1 rings (SSSR count). The van der Waals surface area contributed by atoms with Crippen LogP contribution in [0.2, 0.25) is 0 Å². The molecule has 0 spiro atoms. The molecule has 0 aliphatic heterocycles. The average molecular weight is 350 g/mol. The predicted molar refractivity (Wildman–Crippen MR) is 86.4 cm³/mol. The SMILES string of the molecule is COC(=O)/C=C(\NC(CC(C)=O)c1ccc([N+](=O)[O-])cc1)C(=O)OC. The fraction of sp³-hybridized carbons (Fsp3) is 0.312. The number of non-ortho nitro benzene ring substituents is 1. The summed E-state index contributed by atoms with van der Waals surface area (Å²) in [5.41, 5.74) is 0.225. The number of ketones is 1. The van der Waals surface area contributed by atoms with Crippen molar-refractivity contribution >= 4 is 23.4 Å². The van der Waals surface area contributed by atoms with Crippen LogP contribution in [-0.4, -0.2) is 36.9 Å². The Bertz CT molecular complexity index is 695. The van der Waals surface area contributed by atoms with Crippen molar-refractivity contribution in [3.8, 4) is 0 Å². The van der Waals surface area contributed by atoms with Crippen LogP contribution in [0.15, 0.2) is 36.0 Å². The van der Waals surface area contributed by atoms with Crippen LogP contribution < -0.4 is 5.32 Å². The number of rotatable bonds is 8. The van der Waals surface area contributed by atoms with Crippen LogP contribution in [0.25, 0.3) is 0 Å². The zero-order valence-corrected chi connectivity index (χ0v) is 14.0. The summed E-state index contributed by atoms with van der Waals surface area (Å²) in [4.78, 5) is 45.0. The second kappa shape index (κ2) is 9.16. The van der Waals surface area contributed by atoms with E-state index in [1.54, 1.807) is 0 Å². The third-order valence-electron chi connectivity index (χ3n) is 3.20. The fourth-order valence-corrected chi connectivity index (χ4v) is 2.00. The quantitative estimate of drug-likeness (QED) is 0.323. The Morgan fingerprint density at radius 3 is 2.24 bits per heavy atom. The Hall–Kier alpha value is -3.23. The molecule has 1 atom stereocenters. The molecule has 9 nitrogen and oxygen atoms in total. The number of carbonyl (C=O) groups excluding carboxylic acids is 3. The molecule has 1 N–H and O–H groups in total. The molecule has 134 valence electrons. The van der Waals surface area contributed by atoms with Crippen molar-refractivity contribution in [1.29, 1.82) is 0 Å². The highest BCUT2D eigenvalue weighted by molar-refractivity contribution is 5.95. The summed E-state index contributed by atoms with van der Waals surface area (Å²) in [7, 11) is 2.29. The minimum Gasteiger partial charge on any atom is -0.466 e. The van der Waals surface area contributed by atoms with E-state index in [4.69, 9.17) is 0 Å². The number of nitro benzene ring substituents is 1. The second-order valence-electron chi connectivity index (χ2n) is 5.02. The van der Waals surface area contributed by atoms with Gasteiger partial charge in [0, 0.05) is 18.6 Å². The van der Waals surface area contributed by atoms with E-state index < -0.39 is 22.9 Å². The van der Waals surface area contributed by atoms with Gasteiger partial charge in [0.15, 0.2) is 0 Å². The van der Waals surface area contributed by atoms with Crippen molar-refractivity contribution in [2.24, 2.45) is 0 Å². The highest BCUT2D eigenvalue weighted by Gasteiger charge is 2.21. The number of nitrogens with one attached hydrogen (secondary N) is 1. The Morgan fingerprint density at radius 1 is 1.20 bits per heavy atom. The Kier molecular flexibility index (Phi) is 7.26. The molecule has 0 radical (unpaired) electrons. The number of benzene rings is 1. The number of methoxy groups -OCH3 is 2. The minimum absolute atomic E-state index is 0.00663. The summed E-state index contributed by atoms with van der Waals surface area (Å²) in [6, 6.07) is 4.81. The molecule has 0 fully saturated rings. The number of nitro groups is 1. The summed E-state index contributed by atoms with van der Waals surface area (Å²) in [5.74, 6) is -1.78. The molecule has 25 heavy (non-hydrogen) atoms. The van der Waals surface area contributed by atoms with E-state index in [1.165, 1.54) is 31.2 Å². The number of hydrogen-bond acceptors (Lipinski definition) is 8. The molecule has 0 aliphatic carbocycles. The van der Waals surface area contributed by atoms with Crippen molar-refractivity contribution in [3.05, 3.63) is 51.7 Å². The molecule has 0 aliphatic rings. The summed E-state index contributed by atoms with van der Waals surface area (Å²) in [6.45, 7) is 1.36. The number of ether oxygens (including phenoxy) is 2. The van der Waals surface area contributed by atoms with Crippen LogP contribution in [-0.2, 0) is 23.9 Å². The third kappa shape index (κ3) is 6.05. The van der Waals surface area contributed by atoms with E-state index in [1.807, 2.05) is 0 Å². The van der Waals surface area contributed by atoms with Gasteiger partial charge >= 0.3 is 11.9 Å². The van der Waals surface area contributed by atoms with Gasteiger partial charge in [0.25, 0.3) is 5.69 Å². The first-order valence-electron chi connectivity index (χ1n) is 7.16. The molecular formula is C16H18N2O7. The molecule has 1 aromatic rings. The number of Topliss-reactive ketones (excluding diaryl/α,β-unsaturated/α-hetero) is 1. The van der Waals surface area contributed by atoms with Crippen molar-refractivity contribution in [1.82, 2.24) is 5.32 Å². The number of carbonyl (C=O) groups is 3. The topological polar surface area (TPSA) is 125 Å². The van der Waals surface area contributed by atoms with Gasteiger partial charge in [-0.2, -0.15) is 0 Å². The van der Waals surface area contributed by atoms with Gasteiger partial charge in [-0.3, -0.25) is 14.9 Å². The summed E-state index contributed by atoms with van der Waals surface area (Å²) < 4.78 is 9.08. The molecular weight excluding hydrogens is 332 g/mol. The van der Waals surface area contributed by atoms with Crippen LogP contribution in [0.4, 0.5) is 5.69 Å². The lowest BCUT2D eigenvalue weighted by Crippen LogP contribution is -2.28. The first kappa shape index (κ1) is 19.8. The maximum Gasteiger partial charge on any atom is 0.354 e. The molecule has 0 bridgehead atoms. The molecule has 0 heterocycles. The molecule has 0 saturated heterocycles. The maximum absolute atomic E-state index is 11.8. The first-order chi connectivity index (χ1) is 11.8. The van der Waals surface area contributed by atoms with E-state index in [-0.39, 0.29) is 23.6 Å². The van der Waals surface area contributed by atoms with E-state index in [9.17, 15) is 24.5 Å². The van der Waals surface area contributed by atoms with Gasteiger partial charge in [-0.25, -0.2) is 9.59 Å². The third-order valence-corrected chi connectivity index (χ3v) is 3.20. The largest absolute Gasteiger partial charge is 0.466 e. The Labute approximate surface area is 143 Å². The number of nitrogens with zero attached hydrogens (tertiary/aromatic N) is 1. The summed E-state index contributed by atoms with van der Waals surface area (Å²) in [6.07, 6.45) is 0.900. The number of esters is 2. The zero-order chi connectivity index (χ0) is 19.0. The monoisotopic (exact) mass is 350 g/mol. The van der Waals surface area contributed by atoms with Crippen molar-refractivity contribution in [2.45, 2.75) is 19.4 Å². The average Bonchev–Trinajstić information content (AvgIpc) is 2.59. The molecule has 1 aromatic carbocycles. The maximum atomic E-state index is 11.8.